The Hall–Kier alpha value is -1.58. The van der Waals surface area contributed by atoms with E-state index in [1.54, 1.807) is 0 Å². The van der Waals surface area contributed by atoms with Gasteiger partial charge < -0.3 is 4.74 Å². The van der Waals surface area contributed by atoms with Crippen LogP contribution >= 0.6 is 0 Å². The summed E-state index contributed by atoms with van der Waals surface area (Å²) < 4.78 is 204. The Morgan fingerprint density at radius 2 is 0.947 bits per heavy atom. The second-order valence-electron chi connectivity index (χ2n) is 11.0. The van der Waals surface area contributed by atoms with E-state index in [4.69, 9.17) is 0 Å². The van der Waals surface area contributed by atoms with E-state index in [1.807, 2.05) is 0 Å². The number of esters is 1. The molecule has 0 aromatic carbocycles. The maximum absolute atomic E-state index is 14.3. The maximum Gasteiger partial charge on any atom is 0.473 e. The number of carbonyl (C=O) groups excluding carboxylic acids is 1. The van der Waals surface area contributed by atoms with Gasteiger partial charge in [-0.05, 0) is 30.6 Å². The number of hydrogen-bond donors (Lipinski definition) is 0. The van der Waals surface area contributed by atoms with Gasteiger partial charge in [0.05, 0.1) is 11.8 Å². The molecular formula is C21H27F15O2. The summed E-state index contributed by atoms with van der Waals surface area (Å²) in [7, 11) is 0. The van der Waals surface area contributed by atoms with Crippen LogP contribution in [-0.4, -0.2) is 47.9 Å². The monoisotopic (exact) mass is 596 g/mol. The predicted octanol–water partition coefficient (Wildman–Crippen LogP) is 9.13. The molecule has 228 valence electrons. The molecule has 0 saturated heterocycles. The summed E-state index contributed by atoms with van der Waals surface area (Å²) >= 11 is 0. The lowest BCUT2D eigenvalue weighted by molar-refractivity contribution is -0.429. The van der Waals surface area contributed by atoms with Gasteiger partial charge in [0.2, 0.25) is 0 Å². The molecule has 0 radical (unpaired) electrons. The van der Waals surface area contributed by atoms with Gasteiger partial charge in [0.15, 0.2) is 0 Å². The normalized spacial score (nSPS) is 17.3. The van der Waals surface area contributed by atoms with Crippen LogP contribution in [-0.2, 0) is 9.53 Å². The van der Waals surface area contributed by atoms with Gasteiger partial charge in [0.25, 0.3) is 0 Å². The average Bonchev–Trinajstić information content (AvgIpc) is 2.63. The van der Waals surface area contributed by atoms with E-state index in [0.29, 0.717) is 0 Å². The molecule has 0 N–H and O–H groups in total. The van der Waals surface area contributed by atoms with Gasteiger partial charge in [0.1, 0.15) is 0 Å². The summed E-state index contributed by atoms with van der Waals surface area (Å²) in [4.78, 5) is 12.6. The van der Waals surface area contributed by atoms with Gasteiger partial charge >= 0.3 is 47.9 Å². The fourth-order valence-corrected chi connectivity index (χ4v) is 3.45. The Morgan fingerprint density at radius 1 is 0.579 bits per heavy atom. The van der Waals surface area contributed by atoms with E-state index in [2.05, 4.69) is 4.74 Å². The quantitative estimate of drug-likeness (QED) is 0.176. The van der Waals surface area contributed by atoms with E-state index < -0.39 is 77.0 Å². The molecule has 0 fully saturated rings. The van der Waals surface area contributed by atoms with Crippen LogP contribution in [0.1, 0.15) is 67.7 Å². The molecule has 1 atom stereocenters. The van der Waals surface area contributed by atoms with Gasteiger partial charge in [-0.25, -0.2) is 0 Å². The summed E-state index contributed by atoms with van der Waals surface area (Å²) in [6.45, 7) is 9.30. The number of alkyl halides is 15. The van der Waals surface area contributed by atoms with Crippen LogP contribution in [0.5, 0.6) is 0 Å². The second kappa shape index (κ2) is 9.81. The largest absolute Gasteiger partial charge is 0.473 e. The zero-order valence-corrected chi connectivity index (χ0v) is 21.1. The van der Waals surface area contributed by atoms with Crippen LogP contribution in [0.25, 0.3) is 0 Å². The van der Waals surface area contributed by atoms with Crippen LogP contribution in [0.2, 0.25) is 0 Å². The van der Waals surface area contributed by atoms with Crippen LogP contribution in [0.3, 0.4) is 0 Å². The lowest BCUT2D eigenvalue weighted by Gasteiger charge is -2.46. The molecule has 2 nitrogen and oxygen atoms in total. The van der Waals surface area contributed by atoms with Crippen molar-refractivity contribution < 1.29 is 75.4 Å². The third-order valence-corrected chi connectivity index (χ3v) is 6.41. The minimum atomic E-state index is -7.73. The second-order valence-corrected chi connectivity index (χ2v) is 11.0. The summed E-state index contributed by atoms with van der Waals surface area (Å²) in [5.74, 6) is -39.5. The van der Waals surface area contributed by atoms with Gasteiger partial charge in [-0.15, -0.1) is 0 Å². The standard InChI is InChI=1S/C21H27F15O2/c1-8-13(5,6)14(7,9-12(2,3)4)11(37)38-21(35,36)19(30,31)17(26,27)15(22,23)10-16(24,25)18(28,29)20(32,33)34/h8-10H2,1-7H3. The molecule has 17 heteroatoms. The molecule has 0 bridgehead atoms. The minimum absolute atomic E-state index is 0.0205. The van der Waals surface area contributed by atoms with Gasteiger partial charge in [-0.1, -0.05) is 41.5 Å². The van der Waals surface area contributed by atoms with Crippen LogP contribution in [0.15, 0.2) is 0 Å². The summed E-state index contributed by atoms with van der Waals surface area (Å²) in [6.07, 6.45) is -19.2. The first-order valence-corrected chi connectivity index (χ1v) is 10.7. The maximum atomic E-state index is 14.3. The smallest absolute Gasteiger partial charge is 0.396 e. The van der Waals surface area contributed by atoms with E-state index >= 15 is 0 Å². The Balaban J connectivity index is 6.55. The number of halogens is 15. The molecule has 38 heavy (non-hydrogen) atoms. The highest BCUT2D eigenvalue weighted by molar-refractivity contribution is 5.78. The number of rotatable bonds is 11. The zero-order chi connectivity index (χ0) is 31.4. The molecule has 0 saturated carbocycles. The van der Waals surface area contributed by atoms with Crippen LogP contribution in [0.4, 0.5) is 65.9 Å². The van der Waals surface area contributed by atoms with E-state index in [-0.39, 0.29) is 6.42 Å². The third-order valence-electron chi connectivity index (χ3n) is 6.41. The van der Waals surface area contributed by atoms with Gasteiger partial charge in [0, 0.05) is 0 Å². The Bertz CT molecular complexity index is 854. The average molecular weight is 596 g/mol. The summed E-state index contributed by atoms with van der Waals surface area (Å²) in [5, 5.41) is 0. The first-order valence-electron chi connectivity index (χ1n) is 10.7. The van der Waals surface area contributed by atoms with E-state index in [1.165, 1.54) is 41.5 Å². The van der Waals surface area contributed by atoms with Gasteiger partial charge in [-0.3, -0.25) is 4.79 Å². The van der Waals surface area contributed by atoms with Crippen molar-refractivity contribution in [2.24, 2.45) is 16.2 Å². The Morgan fingerprint density at radius 3 is 1.26 bits per heavy atom. The fraction of sp³-hybridized carbons (Fsp3) is 0.952. The molecule has 0 rings (SSSR count). The first-order chi connectivity index (χ1) is 16.1. The molecule has 0 amide bonds. The zero-order valence-electron chi connectivity index (χ0n) is 21.1. The molecule has 1 unspecified atom stereocenters. The van der Waals surface area contributed by atoms with E-state index in [0.717, 1.165) is 6.92 Å². The van der Waals surface area contributed by atoms with Crippen molar-refractivity contribution in [2.75, 3.05) is 0 Å². The lowest BCUT2D eigenvalue weighted by atomic mass is 9.59. The molecule has 0 aliphatic carbocycles. The Kier molecular flexibility index (Phi) is 9.40. The molecule has 0 aliphatic rings. The first kappa shape index (κ1) is 36.4. The Labute approximate surface area is 208 Å². The topological polar surface area (TPSA) is 26.3 Å². The SMILES string of the molecule is CCC(C)(C)C(C)(CC(C)(C)C)C(=O)OC(F)(F)C(F)(F)C(F)(F)C(F)(F)CC(F)(F)C(F)(F)C(F)(F)F. The number of hydrogen-bond acceptors (Lipinski definition) is 2. The van der Waals surface area contributed by atoms with Crippen molar-refractivity contribution in [3.05, 3.63) is 0 Å². The number of ether oxygens (including phenoxy) is 1. The molecular weight excluding hydrogens is 569 g/mol. The van der Waals surface area contributed by atoms with Crippen molar-refractivity contribution in [3.63, 3.8) is 0 Å². The highest BCUT2D eigenvalue weighted by Gasteiger charge is 2.85. The van der Waals surface area contributed by atoms with Crippen molar-refractivity contribution in [3.8, 4) is 0 Å². The lowest BCUT2D eigenvalue weighted by Crippen LogP contribution is -2.66. The molecule has 0 aromatic rings. The van der Waals surface area contributed by atoms with Crippen molar-refractivity contribution >= 4 is 5.97 Å². The summed E-state index contributed by atoms with van der Waals surface area (Å²) in [6, 6.07) is 0. The molecule has 0 aromatic heterocycles. The van der Waals surface area contributed by atoms with Crippen molar-refractivity contribution in [1.29, 1.82) is 0 Å². The highest BCUT2D eigenvalue weighted by Crippen LogP contribution is 2.59. The molecule has 0 aliphatic heterocycles. The highest BCUT2D eigenvalue weighted by atomic mass is 19.4. The summed E-state index contributed by atoms with van der Waals surface area (Å²) in [5.41, 5.74) is -4.47. The van der Waals surface area contributed by atoms with E-state index in [9.17, 15) is 70.7 Å². The number of carbonyl (C=O) groups is 1. The minimum Gasteiger partial charge on any atom is -0.396 e. The molecule has 0 heterocycles. The van der Waals surface area contributed by atoms with Crippen LogP contribution < -0.4 is 0 Å². The molecule has 0 spiro atoms. The van der Waals surface area contributed by atoms with Gasteiger partial charge in [-0.2, -0.15) is 65.9 Å². The van der Waals surface area contributed by atoms with Crippen molar-refractivity contribution in [1.82, 2.24) is 0 Å². The fourth-order valence-electron chi connectivity index (χ4n) is 3.45. The van der Waals surface area contributed by atoms with Crippen LogP contribution in [0, 0.1) is 16.2 Å². The van der Waals surface area contributed by atoms with Crippen molar-refractivity contribution in [2.45, 2.75) is 110 Å². The third kappa shape index (κ3) is 6.25. The predicted molar refractivity (Wildman–Crippen MR) is 103 cm³/mol.